The maximum Gasteiger partial charge on any atom is 0.258 e. The smallest absolute Gasteiger partial charge is 0.258 e. The van der Waals surface area contributed by atoms with Gasteiger partial charge < -0.3 is 14.5 Å². The van der Waals surface area contributed by atoms with Crippen molar-refractivity contribution in [3.05, 3.63) is 59.2 Å². The lowest BCUT2D eigenvalue weighted by molar-refractivity contribution is 0.0977. The van der Waals surface area contributed by atoms with Crippen molar-refractivity contribution in [2.45, 2.75) is 32.1 Å². The van der Waals surface area contributed by atoms with Crippen LogP contribution in [-0.4, -0.2) is 44.1 Å². The second-order valence-corrected chi connectivity index (χ2v) is 7.85. The molecule has 0 aromatic heterocycles. The lowest BCUT2D eigenvalue weighted by Gasteiger charge is -2.39. The molecule has 1 fully saturated rings. The van der Waals surface area contributed by atoms with Crippen molar-refractivity contribution in [2.24, 2.45) is 0 Å². The molecule has 0 aliphatic carbocycles. The second-order valence-electron chi connectivity index (χ2n) is 7.85. The summed E-state index contributed by atoms with van der Waals surface area (Å²) >= 11 is 0. The van der Waals surface area contributed by atoms with E-state index >= 15 is 0 Å². The normalized spacial score (nSPS) is 18.6. The quantitative estimate of drug-likeness (QED) is 0.825. The summed E-state index contributed by atoms with van der Waals surface area (Å²) in [6.07, 6.45) is 2.16. The van der Waals surface area contributed by atoms with Crippen molar-refractivity contribution >= 4 is 11.6 Å². The van der Waals surface area contributed by atoms with Crippen LogP contribution in [0, 0.1) is 6.92 Å². The van der Waals surface area contributed by atoms with E-state index in [-0.39, 0.29) is 11.3 Å². The molecule has 2 heterocycles. The maximum atomic E-state index is 13.3. The third-order valence-corrected chi connectivity index (χ3v) is 6.33. The average Bonchev–Trinajstić information content (AvgIpc) is 3.02. The zero-order valence-corrected chi connectivity index (χ0v) is 16.5. The number of amides is 1. The zero-order chi connectivity index (χ0) is 19.0. The third kappa shape index (κ3) is 3.12. The first-order valence-electron chi connectivity index (χ1n) is 9.86. The van der Waals surface area contributed by atoms with Gasteiger partial charge in [-0.05, 0) is 75.3 Å². The molecule has 4 heteroatoms. The Hall–Kier alpha value is -2.33. The Balaban J connectivity index is 1.71. The van der Waals surface area contributed by atoms with E-state index < -0.39 is 0 Å². The van der Waals surface area contributed by atoms with Crippen molar-refractivity contribution in [2.75, 3.05) is 38.2 Å². The van der Waals surface area contributed by atoms with Crippen LogP contribution in [0.15, 0.2) is 42.5 Å². The maximum absolute atomic E-state index is 13.3. The van der Waals surface area contributed by atoms with Gasteiger partial charge in [0.05, 0.1) is 7.11 Å². The van der Waals surface area contributed by atoms with Crippen LogP contribution in [0.4, 0.5) is 5.69 Å². The van der Waals surface area contributed by atoms with Crippen molar-refractivity contribution < 1.29 is 9.53 Å². The van der Waals surface area contributed by atoms with Crippen molar-refractivity contribution in [3.8, 4) is 5.75 Å². The molecular formula is C23H28N2O2. The number of rotatable bonds is 3. The highest BCUT2D eigenvalue weighted by molar-refractivity contribution is 6.07. The van der Waals surface area contributed by atoms with E-state index in [4.69, 9.17) is 4.74 Å². The molecule has 27 heavy (non-hydrogen) atoms. The molecule has 2 aromatic rings. The number of carbonyl (C=O) groups is 1. The summed E-state index contributed by atoms with van der Waals surface area (Å²) in [6.45, 7) is 8.28. The van der Waals surface area contributed by atoms with E-state index in [0.29, 0.717) is 0 Å². The summed E-state index contributed by atoms with van der Waals surface area (Å²) in [5.74, 6) is 0.965. The molecule has 2 aliphatic heterocycles. The fourth-order valence-electron chi connectivity index (χ4n) is 4.53. The van der Waals surface area contributed by atoms with Gasteiger partial charge in [-0.2, -0.15) is 0 Å². The number of methoxy groups -OCH3 is 1. The number of nitrogens with zero attached hydrogens (tertiary/aromatic N) is 2. The van der Waals surface area contributed by atoms with E-state index in [0.717, 1.165) is 56.0 Å². The number of anilines is 1. The zero-order valence-electron chi connectivity index (χ0n) is 16.5. The Morgan fingerprint density at radius 1 is 1.11 bits per heavy atom. The Morgan fingerprint density at radius 3 is 2.44 bits per heavy atom. The number of piperidine rings is 1. The molecule has 1 spiro atoms. The first kappa shape index (κ1) is 18.1. The number of benzene rings is 2. The predicted octanol–water partition coefficient (Wildman–Crippen LogP) is 4.02. The number of carbonyl (C=O) groups excluding carboxylic acids is 1. The van der Waals surface area contributed by atoms with Crippen LogP contribution in [0.3, 0.4) is 0 Å². The lowest BCUT2D eigenvalue weighted by Crippen LogP contribution is -2.46. The second kappa shape index (κ2) is 7.01. The number of aryl methyl sites for hydroxylation is 1. The molecule has 1 saturated heterocycles. The van der Waals surface area contributed by atoms with Crippen LogP contribution in [0.25, 0.3) is 0 Å². The van der Waals surface area contributed by atoms with E-state index in [1.165, 1.54) is 11.1 Å². The Bertz CT molecular complexity index is 836. The lowest BCUT2D eigenvalue weighted by atomic mass is 9.74. The van der Waals surface area contributed by atoms with Crippen LogP contribution < -0.4 is 9.64 Å². The number of hydrogen-bond donors (Lipinski definition) is 0. The largest absolute Gasteiger partial charge is 0.497 e. The first-order valence-corrected chi connectivity index (χ1v) is 9.86. The van der Waals surface area contributed by atoms with Crippen molar-refractivity contribution in [3.63, 3.8) is 0 Å². The van der Waals surface area contributed by atoms with Gasteiger partial charge in [-0.25, -0.2) is 0 Å². The third-order valence-electron chi connectivity index (χ3n) is 6.33. The highest BCUT2D eigenvalue weighted by atomic mass is 16.5. The van der Waals surface area contributed by atoms with Crippen LogP contribution in [0.1, 0.15) is 41.3 Å². The van der Waals surface area contributed by atoms with Gasteiger partial charge in [0.15, 0.2) is 0 Å². The number of hydrogen-bond acceptors (Lipinski definition) is 3. The van der Waals surface area contributed by atoms with E-state index in [1.54, 1.807) is 7.11 Å². The molecule has 0 bridgehead atoms. The minimum absolute atomic E-state index is 0.0376. The van der Waals surface area contributed by atoms with Gasteiger partial charge >= 0.3 is 0 Å². The molecule has 4 nitrogen and oxygen atoms in total. The Kier molecular flexibility index (Phi) is 4.68. The SMILES string of the molecule is CCN1CCC2(CC1)CN(C(=O)c1ccc(C)cc1)c1ccc(OC)cc12. The minimum Gasteiger partial charge on any atom is -0.497 e. The molecule has 4 rings (SSSR count). The standard InChI is InChI=1S/C23H28N2O2/c1-4-24-13-11-23(12-14-24)16-25(21-10-9-19(27-3)15-20(21)23)22(26)18-7-5-17(2)6-8-18/h5-10,15H,4,11-14,16H2,1-3H3. The molecule has 2 aromatic carbocycles. The fraction of sp³-hybridized carbons (Fsp3) is 0.435. The number of ether oxygens (including phenoxy) is 1. The van der Waals surface area contributed by atoms with Gasteiger partial charge in [-0.3, -0.25) is 4.79 Å². The van der Waals surface area contributed by atoms with Gasteiger partial charge in [-0.15, -0.1) is 0 Å². The summed E-state index contributed by atoms with van der Waals surface area (Å²) in [5.41, 5.74) is 4.28. The highest BCUT2D eigenvalue weighted by Gasteiger charge is 2.46. The van der Waals surface area contributed by atoms with E-state index in [2.05, 4.69) is 24.0 Å². The molecule has 1 amide bonds. The molecule has 2 aliphatic rings. The molecule has 0 unspecified atom stereocenters. The highest BCUT2D eigenvalue weighted by Crippen LogP contribution is 2.48. The van der Waals surface area contributed by atoms with Crippen molar-refractivity contribution in [1.29, 1.82) is 0 Å². The van der Waals surface area contributed by atoms with Crippen molar-refractivity contribution in [1.82, 2.24) is 4.90 Å². The fourth-order valence-corrected chi connectivity index (χ4v) is 4.53. The minimum atomic E-state index is 0.0376. The summed E-state index contributed by atoms with van der Waals surface area (Å²) in [4.78, 5) is 17.8. The molecule has 0 saturated carbocycles. The van der Waals surface area contributed by atoms with Crippen LogP contribution >= 0.6 is 0 Å². The summed E-state index contributed by atoms with van der Waals surface area (Å²) < 4.78 is 5.50. The van der Waals surface area contributed by atoms with Crippen LogP contribution in [0.2, 0.25) is 0 Å². The number of fused-ring (bicyclic) bond motifs is 2. The Labute approximate surface area is 161 Å². The average molecular weight is 364 g/mol. The predicted molar refractivity (Wildman–Crippen MR) is 109 cm³/mol. The van der Waals surface area contributed by atoms with Gasteiger partial charge in [0.1, 0.15) is 5.75 Å². The summed E-state index contributed by atoms with van der Waals surface area (Å²) in [5, 5.41) is 0. The summed E-state index contributed by atoms with van der Waals surface area (Å²) in [6, 6.07) is 14.1. The van der Waals surface area contributed by atoms with Gasteiger partial charge in [0.2, 0.25) is 0 Å². The van der Waals surface area contributed by atoms with Crippen LogP contribution in [0.5, 0.6) is 5.75 Å². The number of likely N-dealkylation sites (tertiary alicyclic amines) is 1. The molecule has 0 atom stereocenters. The monoisotopic (exact) mass is 364 g/mol. The van der Waals surface area contributed by atoms with E-state index in [9.17, 15) is 4.79 Å². The molecule has 0 N–H and O–H groups in total. The van der Waals surface area contributed by atoms with Crippen LogP contribution in [-0.2, 0) is 5.41 Å². The van der Waals surface area contributed by atoms with E-state index in [1.807, 2.05) is 42.2 Å². The van der Waals surface area contributed by atoms with Gasteiger partial charge in [-0.1, -0.05) is 24.6 Å². The first-order chi connectivity index (χ1) is 13.1. The molecule has 142 valence electrons. The Morgan fingerprint density at radius 2 is 1.81 bits per heavy atom. The summed E-state index contributed by atoms with van der Waals surface area (Å²) in [7, 11) is 1.71. The van der Waals surface area contributed by atoms with Gasteiger partial charge in [0, 0.05) is 23.2 Å². The molecular weight excluding hydrogens is 336 g/mol. The van der Waals surface area contributed by atoms with Gasteiger partial charge in [0.25, 0.3) is 5.91 Å². The topological polar surface area (TPSA) is 32.8 Å². The molecule has 0 radical (unpaired) electrons.